The van der Waals surface area contributed by atoms with E-state index in [1.165, 1.54) is 12.4 Å². The summed E-state index contributed by atoms with van der Waals surface area (Å²) in [6.07, 6.45) is 2.25. The molecule has 2 aromatic rings. The summed E-state index contributed by atoms with van der Waals surface area (Å²) in [7, 11) is -3.30. The van der Waals surface area contributed by atoms with Gasteiger partial charge in [-0.25, -0.2) is 23.2 Å². The lowest BCUT2D eigenvalue weighted by Gasteiger charge is -2.08. The van der Waals surface area contributed by atoms with Crippen molar-refractivity contribution in [3.63, 3.8) is 0 Å². The van der Waals surface area contributed by atoms with Crippen LogP contribution in [0.15, 0.2) is 36.7 Å². The summed E-state index contributed by atoms with van der Waals surface area (Å²) in [5.41, 5.74) is 1.26. The van der Waals surface area contributed by atoms with Gasteiger partial charge in [-0.05, 0) is 17.7 Å². The second-order valence-corrected chi connectivity index (χ2v) is 6.27. The van der Waals surface area contributed by atoms with Crippen molar-refractivity contribution in [2.24, 2.45) is 0 Å². The molecule has 116 valence electrons. The number of sulfonamides is 1. The summed E-state index contributed by atoms with van der Waals surface area (Å²) in [6.45, 7) is 0.412. The average Bonchev–Trinajstić information content (AvgIpc) is 2.45. The Kier molecular flexibility index (Phi) is 4.56. The first-order valence-corrected chi connectivity index (χ1v) is 8.08. The lowest BCUT2D eigenvalue weighted by Crippen LogP contribution is -2.09. The number of anilines is 2. The molecule has 22 heavy (non-hydrogen) atoms. The highest BCUT2D eigenvalue weighted by Crippen LogP contribution is 2.12. The van der Waals surface area contributed by atoms with Crippen LogP contribution < -0.4 is 10.0 Å². The molecule has 0 amide bonds. The van der Waals surface area contributed by atoms with E-state index in [-0.39, 0.29) is 5.69 Å². The number of nitrogens with one attached hydrogen (secondary N) is 2. The molecule has 0 unspecified atom stereocenters. The summed E-state index contributed by atoms with van der Waals surface area (Å²) < 4.78 is 24.6. The standard InChI is InChI=1S/C13H14N4O4S/c1-22(20,21)17-10-4-2-9(3-5-10)7-14-12-6-11(13(18)19)15-8-16-12/h2-6,8,17H,7H2,1H3,(H,18,19)(H,14,15,16). The molecule has 0 saturated carbocycles. The Hall–Kier alpha value is -2.68. The van der Waals surface area contributed by atoms with Gasteiger partial charge in [-0.2, -0.15) is 0 Å². The van der Waals surface area contributed by atoms with Crippen molar-refractivity contribution >= 4 is 27.5 Å². The third kappa shape index (κ3) is 4.70. The van der Waals surface area contributed by atoms with Gasteiger partial charge in [0, 0.05) is 18.3 Å². The van der Waals surface area contributed by atoms with Crippen LogP contribution in [-0.2, 0) is 16.6 Å². The van der Waals surface area contributed by atoms with Crippen LogP contribution in [-0.4, -0.2) is 35.7 Å². The Morgan fingerprint density at radius 3 is 2.50 bits per heavy atom. The summed E-state index contributed by atoms with van der Waals surface area (Å²) in [4.78, 5) is 18.4. The van der Waals surface area contributed by atoms with Crippen molar-refractivity contribution in [2.45, 2.75) is 6.54 Å². The van der Waals surface area contributed by atoms with E-state index < -0.39 is 16.0 Å². The fourth-order valence-electron chi connectivity index (χ4n) is 1.67. The van der Waals surface area contributed by atoms with Gasteiger partial charge in [0.25, 0.3) is 0 Å². The molecule has 0 saturated heterocycles. The Balaban J connectivity index is 2.00. The van der Waals surface area contributed by atoms with Gasteiger partial charge < -0.3 is 10.4 Å². The van der Waals surface area contributed by atoms with Gasteiger partial charge in [-0.3, -0.25) is 4.72 Å². The number of benzene rings is 1. The van der Waals surface area contributed by atoms with E-state index in [0.29, 0.717) is 18.1 Å². The maximum atomic E-state index is 11.1. The molecule has 0 aliphatic carbocycles. The maximum Gasteiger partial charge on any atom is 0.354 e. The highest BCUT2D eigenvalue weighted by molar-refractivity contribution is 7.92. The molecule has 1 aromatic carbocycles. The van der Waals surface area contributed by atoms with Crippen molar-refractivity contribution < 1.29 is 18.3 Å². The lowest BCUT2D eigenvalue weighted by atomic mass is 10.2. The molecule has 0 bridgehead atoms. The van der Waals surface area contributed by atoms with Crippen LogP contribution in [0.4, 0.5) is 11.5 Å². The van der Waals surface area contributed by atoms with Crippen molar-refractivity contribution in [3.05, 3.63) is 47.9 Å². The zero-order valence-electron chi connectivity index (χ0n) is 11.6. The third-order valence-corrected chi connectivity index (χ3v) is 3.22. The van der Waals surface area contributed by atoms with Crippen LogP contribution in [0.2, 0.25) is 0 Å². The Morgan fingerprint density at radius 1 is 1.23 bits per heavy atom. The minimum absolute atomic E-state index is 0.0924. The fraction of sp³-hybridized carbons (Fsp3) is 0.154. The summed E-state index contributed by atoms with van der Waals surface area (Å²) in [6, 6.07) is 8.11. The molecule has 0 atom stereocenters. The molecule has 1 aromatic heterocycles. The SMILES string of the molecule is CS(=O)(=O)Nc1ccc(CNc2cc(C(=O)O)ncn2)cc1. The van der Waals surface area contributed by atoms with Gasteiger partial charge >= 0.3 is 5.97 Å². The number of carboxylic acids is 1. The van der Waals surface area contributed by atoms with E-state index in [2.05, 4.69) is 20.0 Å². The van der Waals surface area contributed by atoms with Crippen molar-refractivity contribution in [3.8, 4) is 0 Å². The zero-order chi connectivity index (χ0) is 16.2. The number of carbonyl (C=O) groups is 1. The van der Waals surface area contributed by atoms with Gasteiger partial charge in [-0.15, -0.1) is 0 Å². The first-order valence-electron chi connectivity index (χ1n) is 6.19. The molecule has 0 aliphatic rings. The monoisotopic (exact) mass is 322 g/mol. The fourth-order valence-corrected chi connectivity index (χ4v) is 2.23. The predicted octanol–water partition coefficient (Wildman–Crippen LogP) is 1.16. The first-order chi connectivity index (χ1) is 10.3. The topological polar surface area (TPSA) is 121 Å². The third-order valence-electron chi connectivity index (χ3n) is 2.62. The Bertz CT molecular complexity index is 775. The van der Waals surface area contributed by atoms with Crippen LogP contribution in [0.5, 0.6) is 0 Å². The number of aromatic carboxylic acids is 1. The van der Waals surface area contributed by atoms with E-state index in [4.69, 9.17) is 5.11 Å². The van der Waals surface area contributed by atoms with Crippen LogP contribution in [0, 0.1) is 0 Å². The minimum Gasteiger partial charge on any atom is -0.477 e. The molecule has 3 N–H and O–H groups in total. The molecule has 2 rings (SSSR count). The van der Waals surface area contributed by atoms with Crippen LogP contribution in [0.3, 0.4) is 0 Å². The smallest absolute Gasteiger partial charge is 0.354 e. The predicted molar refractivity (Wildman–Crippen MR) is 81.2 cm³/mol. The Labute approximate surface area is 127 Å². The molecule has 0 spiro atoms. The van der Waals surface area contributed by atoms with E-state index in [0.717, 1.165) is 11.8 Å². The summed E-state index contributed by atoms with van der Waals surface area (Å²) in [5.74, 6) is -0.729. The van der Waals surface area contributed by atoms with Gasteiger partial charge in [0.1, 0.15) is 12.1 Å². The maximum absolute atomic E-state index is 11.1. The molecule has 0 fully saturated rings. The number of carboxylic acid groups (broad SMARTS) is 1. The molecular formula is C13H14N4O4S. The van der Waals surface area contributed by atoms with Gasteiger partial charge in [0.15, 0.2) is 5.69 Å². The molecule has 0 aliphatic heterocycles. The van der Waals surface area contributed by atoms with Crippen molar-refractivity contribution in [1.29, 1.82) is 0 Å². The van der Waals surface area contributed by atoms with Gasteiger partial charge in [0.2, 0.25) is 10.0 Å². The van der Waals surface area contributed by atoms with Crippen molar-refractivity contribution in [2.75, 3.05) is 16.3 Å². The Morgan fingerprint density at radius 2 is 1.91 bits per heavy atom. The quantitative estimate of drug-likeness (QED) is 0.729. The van der Waals surface area contributed by atoms with E-state index >= 15 is 0 Å². The summed E-state index contributed by atoms with van der Waals surface area (Å²) in [5, 5.41) is 11.8. The number of aromatic nitrogens is 2. The number of hydrogen-bond donors (Lipinski definition) is 3. The highest BCUT2D eigenvalue weighted by atomic mass is 32.2. The van der Waals surface area contributed by atoms with Crippen LogP contribution >= 0.6 is 0 Å². The average molecular weight is 322 g/mol. The second-order valence-electron chi connectivity index (χ2n) is 4.52. The van der Waals surface area contributed by atoms with Crippen LogP contribution in [0.25, 0.3) is 0 Å². The number of hydrogen-bond acceptors (Lipinski definition) is 6. The van der Waals surface area contributed by atoms with Gasteiger partial charge in [0.05, 0.1) is 6.26 Å². The molecule has 8 nitrogen and oxygen atoms in total. The number of rotatable bonds is 6. The largest absolute Gasteiger partial charge is 0.477 e. The van der Waals surface area contributed by atoms with Crippen molar-refractivity contribution in [1.82, 2.24) is 9.97 Å². The molecule has 9 heteroatoms. The normalized spacial score (nSPS) is 11.0. The van der Waals surface area contributed by atoms with E-state index in [1.54, 1.807) is 24.3 Å². The molecule has 1 heterocycles. The molecule has 0 radical (unpaired) electrons. The molecular weight excluding hydrogens is 308 g/mol. The number of nitrogens with zero attached hydrogens (tertiary/aromatic N) is 2. The summed E-state index contributed by atoms with van der Waals surface area (Å²) >= 11 is 0. The minimum atomic E-state index is -3.30. The van der Waals surface area contributed by atoms with E-state index in [9.17, 15) is 13.2 Å². The van der Waals surface area contributed by atoms with Gasteiger partial charge in [-0.1, -0.05) is 12.1 Å². The van der Waals surface area contributed by atoms with E-state index in [1.807, 2.05) is 0 Å². The second kappa shape index (κ2) is 6.39. The lowest BCUT2D eigenvalue weighted by molar-refractivity contribution is 0.0690. The van der Waals surface area contributed by atoms with Crippen LogP contribution in [0.1, 0.15) is 16.1 Å². The highest BCUT2D eigenvalue weighted by Gasteiger charge is 2.06. The zero-order valence-corrected chi connectivity index (χ0v) is 12.5. The first kappa shape index (κ1) is 15.7.